The summed E-state index contributed by atoms with van der Waals surface area (Å²) in [6.45, 7) is 4.15. The molecule has 1 aromatic rings. The maximum absolute atomic E-state index is 13.1. The van der Waals surface area contributed by atoms with Crippen LogP contribution in [-0.2, 0) is 6.42 Å². The first-order valence-corrected chi connectivity index (χ1v) is 6.08. The lowest BCUT2D eigenvalue weighted by molar-refractivity contribution is -0.385. The van der Waals surface area contributed by atoms with E-state index in [1.807, 2.05) is 0 Å². The van der Waals surface area contributed by atoms with Crippen LogP contribution in [0, 0.1) is 21.8 Å². The highest BCUT2D eigenvalue weighted by molar-refractivity contribution is 5.40. The van der Waals surface area contributed by atoms with Crippen molar-refractivity contribution in [3.63, 3.8) is 0 Å². The molecule has 1 rings (SSSR count). The van der Waals surface area contributed by atoms with Crippen LogP contribution in [-0.4, -0.2) is 11.0 Å². The largest absolute Gasteiger partial charge is 0.328 e. The number of hydrogen-bond donors (Lipinski definition) is 1. The van der Waals surface area contributed by atoms with Gasteiger partial charge in [-0.25, -0.2) is 4.39 Å². The average molecular weight is 254 g/mol. The first kappa shape index (κ1) is 14.6. The third-order valence-electron chi connectivity index (χ3n) is 2.80. The molecule has 0 aromatic heterocycles. The number of benzene rings is 1. The van der Waals surface area contributed by atoms with Crippen LogP contribution in [0.5, 0.6) is 0 Å². The van der Waals surface area contributed by atoms with Crippen molar-refractivity contribution in [3.8, 4) is 0 Å². The van der Waals surface area contributed by atoms with Crippen molar-refractivity contribution in [2.75, 3.05) is 0 Å². The number of hydrogen-bond acceptors (Lipinski definition) is 3. The summed E-state index contributed by atoms with van der Waals surface area (Å²) in [5.74, 6) is 0.0375. The van der Waals surface area contributed by atoms with Gasteiger partial charge in [0.15, 0.2) is 0 Å². The lowest BCUT2D eigenvalue weighted by Gasteiger charge is -2.13. The Balaban J connectivity index is 2.71. The summed E-state index contributed by atoms with van der Waals surface area (Å²) < 4.78 is 13.1. The molecule has 0 bridgehead atoms. The van der Waals surface area contributed by atoms with Crippen LogP contribution < -0.4 is 5.73 Å². The highest BCUT2D eigenvalue weighted by atomic mass is 19.1. The molecule has 0 amide bonds. The van der Waals surface area contributed by atoms with E-state index in [4.69, 9.17) is 5.73 Å². The number of nitrogens with two attached hydrogens (primary N) is 1. The first-order valence-electron chi connectivity index (χ1n) is 6.08. The van der Waals surface area contributed by atoms with Crippen molar-refractivity contribution in [1.82, 2.24) is 0 Å². The zero-order valence-corrected chi connectivity index (χ0v) is 10.7. The van der Waals surface area contributed by atoms with E-state index < -0.39 is 10.7 Å². The smallest absolute Gasteiger partial charge is 0.272 e. The Morgan fingerprint density at radius 2 is 2.11 bits per heavy atom. The molecule has 0 saturated heterocycles. The Kier molecular flexibility index (Phi) is 5.22. The standard InChI is InChI=1S/C13H19FN2O2/c1-9(2)7-12(15)5-3-10-8-11(14)4-6-13(10)16(17)18/h4,6,8-9,12H,3,5,7,15H2,1-2H3. The molecule has 18 heavy (non-hydrogen) atoms. The van der Waals surface area contributed by atoms with Crippen molar-refractivity contribution in [2.24, 2.45) is 11.7 Å². The van der Waals surface area contributed by atoms with E-state index in [1.165, 1.54) is 12.1 Å². The monoisotopic (exact) mass is 254 g/mol. The summed E-state index contributed by atoms with van der Waals surface area (Å²) in [4.78, 5) is 10.3. The predicted molar refractivity (Wildman–Crippen MR) is 68.8 cm³/mol. The number of nitrogens with zero attached hydrogens (tertiary/aromatic N) is 1. The van der Waals surface area contributed by atoms with Crippen molar-refractivity contribution in [3.05, 3.63) is 39.7 Å². The van der Waals surface area contributed by atoms with E-state index in [0.717, 1.165) is 12.5 Å². The number of nitro groups is 1. The fourth-order valence-corrected chi connectivity index (χ4v) is 2.00. The van der Waals surface area contributed by atoms with E-state index in [2.05, 4.69) is 13.8 Å². The fourth-order valence-electron chi connectivity index (χ4n) is 2.00. The lowest BCUT2D eigenvalue weighted by atomic mass is 9.97. The molecule has 5 heteroatoms. The molecule has 0 heterocycles. The Hall–Kier alpha value is -1.49. The van der Waals surface area contributed by atoms with Crippen molar-refractivity contribution in [1.29, 1.82) is 0 Å². The van der Waals surface area contributed by atoms with Crippen LogP contribution in [0.4, 0.5) is 10.1 Å². The van der Waals surface area contributed by atoms with Gasteiger partial charge in [-0.2, -0.15) is 0 Å². The quantitative estimate of drug-likeness (QED) is 0.626. The predicted octanol–water partition coefficient (Wildman–Crippen LogP) is 3.04. The second-order valence-corrected chi connectivity index (χ2v) is 4.96. The molecule has 100 valence electrons. The van der Waals surface area contributed by atoms with E-state index in [0.29, 0.717) is 24.3 Å². The van der Waals surface area contributed by atoms with Gasteiger partial charge in [0.1, 0.15) is 5.82 Å². The molecule has 0 aliphatic heterocycles. The van der Waals surface area contributed by atoms with Crippen LogP contribution in [0.25, 0.3) is 0 Å². The summed E-state index contributed by atoms with van der Waals surface area (Å²) in [6.07, 6.45) is 1.92. The molecule has 1 aromatic carbocycles. The Morgan fingerprint density at radius 3 is 2.67 bits per heavy atom. The number of halogens is 1. The van der Waals surface area contributed by atoms with Gasteiger partial charge in [-0.05, 0) is 37.3 Å². The Labute approximate surface area is 106 Å². The fraction of sp³-hybridized carbons (Fsp3) is 0.538. The summed E-state index contributed by atoms with van der Waals surface area (Å²) >= 11 is 0. The minimum Gasteiger partial charge on any atom is -0.328 e. The first-order chi connectivity index (χ1) is 8.40. The molecule has 1 atom stereocenters. The van der Waals surface area contributed by atoms with Crippen molar-refractivity contribution < 1.29 is 9.31 Å². The highest BCUT2D eigenvalue weighted by Gasteiger charge is 2.15. The van der Waals surface area contributed by atoms with E-state index in [1.54, 1.807) is 0 Å². The minimum atomic E-state index is -0.483. The van der Waals surface area contributed by atoms with E-state index in [-0.39, 0.29) is 11.7 Å². The Bertz CT molecular complexity index is 421. The van der Waals surface area contributed by atoms with Gasteiger partial charge >= 0.3 is 0 Å². The summed E-state index contributed by atoms with van der Waals surface area (Å²) in [7, 11) is 0. The second-order valence-electron chi connectivity index (χ2n) is 4.96. The lowest BCUT2D eigenvalue weighted by Crippen LogP contribution is -2.22. The summed E-state index contributed by atoms with van der Waals surface area (Å²) in [5, 5.41) is 10.8. The van der Waals surface area contributed by atoms with Crippen LogP contribution in [0.3, 0.4) is 0 Å². The molecule has 0 aliphatic carbocycles. The normalized spacial score (nSPS) is 12.7. The molecule has 2 N–H and O–H groups in total. The Morgan fingerprint density at radius 1 is 1.44 bits per heavy atom. The molecule has 4 nitrogen and oxygen atoms in total. The van der Waals surface area contributed by atoms with Crippen molar-refractivity contribution >= 4 is 5.69 Å². The van der Waals surface area contributed by atoms with Gasteiger partial charge in [0, 0.05) is 17.7 Å². The van der Waals surface area contributed by atoms with Crippen LogP contribution >= 0.6 is 0 Å². The van der Waals surface area contributed by atoms with Gasteiger partial charge in [-0.3, -0.25) is 10.1 Å². The van der Waals surface area contributed by atoms with E-state index >= 15 is 0 Å². The van der Waals surface area contributed by atoms with Gasteiger partial charge in [0.2, 0.25) is 0 Å². The van der Waals surface area contributed by atoms with Crippen LogP contribution in [0.15, 0.2) is 18.2 Å². The van der Waals surface area contributed by atoms with Gasteiger partial charge < -0.3 is 5.73 Å². The highest BCUT2D eigenvalue weighted by Crippen LogP contribution is 2.22. The maximum Gasteiger partial charge on any atom is 0.272 e. The van der Waals surface area contributed by atoms with Crippen molar-refractivity contribution in [2.45, 2.75) is 39.2 Å². The van der Waals surface area contributed by atoms with Crippen LogP contribution in [0.2, 0.25) is 0 Å². The molecular weight excluding hydrogens is 235 g/mol. The van der Waals surface area contributed by atoms with Gasteiger partial charge in [0.05, 0.1) is 4.92 Å². The molecule has 1 unspecified atom stereocenters. The second kappa shape index (κ2) is 6.44. The topological polar surface area (TPSA) is 69.2 Å². The zero-order chi connectivity index (χ0) is 13.7. The maximum atomic E-state index is 13.1. The number of nitro benzene ring substituents is 1. The zero-order valence-electron chi connectivity index (χ0n) is 10.7. The molecular formula is C13H19FN2O2. The SMILES string of the molecule is CC(C)CC(N)CCc1cc(F)ccc1[N+](=O)[O-]. The molecule has 0 saturated carbocycles. The van der Waals surface area contributed by atoms with Crippen LogP contribution in [0.1, 0.15) is 32.3 Å². The minimum absolute atomic E-state index is 0.00660. The summed E-state index contributed by atoms with van der Waals surface area (Å²) in [5.41, 5.74) is 6.30. The molecule has 0 spiro atoms. The third kappa shape index (κ3) is 4.41. The number of rotatable bonds is 6. The molecule has 0 radical (unpaired) electrons. The average Bonchev–Trinajstić information content (AvgIpc) is 2.25. The molecule has 0 fully saturated rings. The number of aryl methyl sites for hydroxylation is 1. The van der Waals surface area contributed by atoms with Gasteiger partial charge in [-0.15, -0.1) is 0 Å². The third-order valence-corrected chi connectivity index (χ3v) is 2.80. The van der Waals surface area contributed by atoms with Gasteiger partial charge in [0.25, 0.3) is 5.69 Å². The van der Waals surface area contributed by atoms with Gasteiger partial charge in [-0.1, -0.05) is 13.8 Å². The summed E-state index contributed by atoms with van der Waals surface area (Å²) in [6, 6.07) is 3.53. The molecule has 0 aliphatic rings. The van der Waals surface area contributed by atoms with E-state index in [9.17, 15) is 14.5 Å².